The molecule has 1 unspecified atom stereocenters. The van der Waals surface area contributed by atoms with Crippen LogP contribution in [0.1, 0.15) is 137 Å². The van der Waals surface area contributed by atoms with Crippen LogP contribution in [0.15, 0.2) is 0 Å². The molecule has 5 N–H and O–H groups in total. The van der Waals surface area contributed by atoms with Crippen LogP contribution in [0.3, 0.4) is 0 Å². The predicted octanol–water partition coefficient (Wildman–Crippen LogP) is 3.78. The highest BCUT2D eigenvalue weighted by molar-refractivity contribution is 7.43. The molecular weight excluding hydrogens is 455 g/mol. The summed E-state index contributed by atoms with van der Waals surface area (Å²) in [5, 5.41) is 11.0. The van der Waals surface area contributed by atoms with E-state index in [1.807, 2.05) is 0 Å². The molecule has 0 fully saturated rings. The number of carbonyl (C=O) groups is 1. The minimum Gasteiger partial charge on any atom is -0.756 e. The van der Waals surface area contributed by atoms with Crippen LogP contribution in [-0.2, 0) is 9.36 Å². The molecule has 0 rings (SSSR count). The SMILES string of the molecule is CCCCCCCCCCCCCCCCCC(=O)N[NH+](CCC)CC(C)(C)O.O=P([O-])(O)O. The molecule has 34 heavy (non-hydrogen) atoms. The van der Waals surface area contributed by atoms with Gasteiger partial charge in [-0.1, -0.05) is 104 Å². The average Bonchev–Trinajstić information content (AvgIpc) is 2.68. The summed E-state index contributed by atoms with van der Waals surface area (Å²) < 4.78 is 8.77. The summed E-state index contributed by atoms with van der Waals surface area (Å²) in [6, 6.07) is 0. The van der Waals surface area contributed by atoms with Crippen LogP contribution in [0.5, 0.6) is 0 Å². The quantitative estimate of drug-likeness (QED) is 0.0906. The van der Waals surface area contributed by atoms with Crippen LogP contribution in [0.2, 0.25) is 0 Å². The lowest BCUT2D eigenvalue weighted by atomic mass is 10.0. The second kappa shape index (κ2) is 22.9. The molecule has 9 heteroatoms. The minimum absolute atomic E-state index is 0.118. The van der Waals surface area contributed by atoms with Gasteiger partial charge < -0.3 is 19.8 Å². The summed E-state index contributed by atoms with van der Waals surface area (Å²) in [4.78, 5) is 35.1. The zero-order chi connectivity index (χ0) is 26.3. The average molecular weight is 511 g/mol. The largest absolute Gasteiger partial charge is 0.756 e. The molecule has 0 aliphatic carbocycles. The topological polar surface area (TPSA) is 134 Å². The lowest BCUT2D eigenvalue weighted by Gasteiger charge is -2.25. The third kappa shape index (κ3) is 36.1. The molecule has 0 aromatic carbocycles. The number of nitrogens with one attached hydrogen (secondary N) is 2. The van der Waals surface area contributed by atoms with Crippen molar-refractivity contribution in [2.75, 3.05) is 13.1 Å². The summed E-state index contributed by atoms with van der Waals surface area (Å²) >= 11 is 0. The lowest BCUT2D eigenvalue weighted by molar-refractivity contribution is -0.941. The van der Waals surface area contributed by atoms with Crippen molar-refractivity contribution in [1.29, 1.82) is 0 Å². The number of aliphatic hydroxyl groups is 1. The highest BCUT2D eigenvalue weighted by Crippen LogP contribution is 2.19. The minimum atomic E-state index is -4.89. The highest BCUT2D eigenvalue weighted by atomic mass is 31.2. The maximum absolute atomic E-state index is 12.1. The molecule has 8 nitrogen and oxygen atoms in total. The van der Waals surface area contributed by atoms with Gasteiger partial charge in [-0.05, 0) is 26.7 Å². The second-order valence-corrected chi connectivity index (χ2v) is 11.1. The van der Waals surface area contributed by atoms with Gasteiger partial charge in [0.15, 0.2) is 0 Å². The Morgan fingerprint density at radius 3 is 1.47 bits per heavy atom. The first-order valence-corrected chi connectivity index (χ1v) is 15.1. The van der Waals surface area contributed by atoms with Crippen molar-refractivity contribution in [1.82, 2.24) is 5.43 Å². The maximum atomic E-state index is 12.1. The van der Waals surface area contributed by atoms with E-state index in [9.17, 15) is 9.90 Å². The molecule has 0 aromatic heterocycles. The summed E-state index contributed by atoms with van der Waals surface area (Å²) in [6.45, 7) is 9.37. The maximum Gasteiger partial charge on any atom is 0.264 e. The van der Waals surface area contributed by atoms with Crippen molar-refractivity contribution in [2.24, 2.45) is 0 Å². The summed E-state index contributed by atoms with van der Waals surface area (Å²) in [7, 11) is -4.89. The van der Waals surface area contributed by atoms with Gasteiger partial charge in [-0.25, -0.2) is 10.4 Å². The smallest absolute Gasteiger partial charge is 0.264 e. The van der Waals surface area contributed by atoms with Crippen molar-refractivity contribution >= 4 is 13.7 Å². The number of unbranched alkanes of at least 4 members (excludes halogenated alkanes) is 14. The van der Waals surface area contributed by atoms with Gasteiger partial charge in [0.1, 0.15) is 12.1 Å². The first-order valence-electron chi connectivity index (χ1n) is 13.5. The first kappa shape index (κ1) is 35.7. The van der Waals surface area contributed by atoms with E-state index in [4.69, 9.17) is 19.2 Å². The molecule has 0 aliphatic rings. The molecule has 0 bridgehead atoms. The molecule has 1 amide bonds. The Morgan fingerprint density at radius 1 is 0.794 bits per heavy atom. The van der Waals surface area contributed by atoms with Crippen LogP contribution < -0.4 is 15.3 Å². The van der Waals surface area contributed by atoms with Crippen molar-refractivity contribution in [3.05, 3.63) is 0 Å². The number of phosphoric acid groups is 1. The predicted molar refractivity (Wildman–Crippen MR) is 137 cm³/mol. The summed E-state index contributed by atoms with van der Waals surface area (Å²) in [5.74, 6) is 0.118. The molecule has 0 spiro atoms. The molecule has 0 saturated heterocycles. The highest BCUT2D eigenvalue weighted by Gasteiger charge is 2.22. The summed E-state index contributed by atoms with van der Waals surface area (Å²) in [5.41, 5.74) is 2.28. The van der Waals surface area contributed by atoms with Crippen LogP contribution in [0.25, 0.3) is 0 Å². The van der Waals surface area contributed by atoms with E-state index in [0.29, 0.717) is 13.0 Å². The Hall–Kier alpha value is -0.500. The molecule has 0 aliphatic heterocycles. The third-order valence-electron chi connectivity index (χ3n) is 5.52. The van der Waals surface area contributed by atoms with Gasteiger partial charge in [0.2, 0.25) is 0 Å². The van der Waals surface area contributed by atoms with Gasteiger partial charge in [0.05, 0.1) is 6.54 Å². The van der Waals surface area contributed by atoms with E-state index in [-0.39, 0.29) is 5.91 Å². The number of rotatable bonds is 21. The number of amides is 1. The van der Waals surface area contributed by atoms with Gasteiger partial charge in [0.25, 0.3) is 13.7 Å². The molecule has 1 atom stereocenters. The fourth-order valence-corrected chi connectivity index (χ4v) is 3.94. The Kier molecular flexibility index (Phi) is 24.1. The fourth-order valence-electron chi connectivity index (χ4n) is 3.94. The molecule has 0 radical (unpaired) electrons. The molecule has 0 aromatic rings. The monoisotopic (exact) mass is 510 g/mol. The van der Waals surface area contributed by atoms with Gasteiger partial charge in [-0.3, -0.25) is 9.36 Å². The van der Waals surface area contributed by atoms with E-state index >= 15 is 0 Å². The Morgan fingerprint density at radius 2 is 1.15 bits per heavy atom. The van der Waals surface area contributed by atoms with Gasteiger partial charge in [-0.2, -0.15) is 0 Å². The Bertz CT molecular complexity index is 500. The van der Waals surface area contributed by atoms with Gasteiger partial charge in [0, 0.05) is 6.42 Å². The van der Waals surface area contributed by atoms with Crippen molar-refractivity contribution in [3.8, 4) is 0 Å². The van der Waals surface area contributed by atoms with Crippen molar-refractivity contribution in [2.45, 2.75) is 142 Å². The molecule has 206 valence electrons. The number of carbonyl (C=O) groups excluding carboxylic acids is 1. The van der Waals surface area contributed by atoms with E-state index in [1.165, 1.54) is 83.5 Å². The van der Waals surface area contributed by atoms with Crippen molar-refractivity contribution in [3.63, 3.8) is 0 Å². The number of hydrogen-bond donors (Lipinski definition) is 5. The molecule has 0 saturated carbocycles. The normalized spacial score (nSPS) is 12.7. The van der Waals surface area contributed by atoms with Crippen LogP contribution in [0, 0.1) is 0 Å². The standard InChI is InChI=1S/C25H52N2O2.H3O4P/c1-5-7-8-9-10-11-12-13-14-15-16-17-18-19-20-21-24(28)26-27(22-6-2)23-25(3,4)29;1-5(2,3)4/h29H,5-23H2,1-4H3,(H,26,28);(H3,1,2,3,4). The van der Waals surface area contributed by atoms with Crippen LogP contribution >= 0.6 is 7.82 Å². The zero-order valence-corrected chi connectivity index (χ0v) is 23.3. The van der Waals surface area contributed by atoms with E-state index < -0.39 is 13.4 Å². The van der Waals surface area contributed by atoms with E-state index in [0.717, 1.165) is 30.8 Å². The zero-order valence-electron chi connectivity index (χ0n) is 22.4. The fraction of sp³-hybridized carbons (Fsp3) is 0.960. The number of quaternary nitrogens is 1. The van der Waals surface area contributed by atoms with Crippen LogP contribution in [0.4, 0.5) is 0 Å². The number of hydrogen-bond acceptors (Lipinski definition) is 4. The lowest BCUT2D eigenvalue weighted by Crippen LogP contribution is -3.20. The first-order chi connectivity index (χ1) is 15.9. The third-order valence-corrected chi connectivity index (χ3v) is 5.52. The second-order valence-electron chi connectivity index (χ2n) is 10.1. The van der Waals surface area contributed by atoms with Gasteiger partial charge >= 0.3 is 0 Å². The van der Waals surface area contributed by atoms with Crippen molar-refractivity contribution < 1.29 is 34.2 Å². The molecule has 0 heterocycles. The van der Waals surface area contributed by atoms with Gasteiger partial charge in [-0.15, -0.1) is 0 Å². The van der Waals surface area contributed by atoms with Crippen LogP contribution in [-0.4, -0.2) is 39.5 Å². The van der Waals surface area contributed by atoms with E-state index in [2.05, 4.69) is 19.3 Å². The Labute approximate surface area is 209 Å². The Balaban J connectivity index is 0. The van der Waals surface area contributed by atoms with E-state index in [1.54, 1.807) is 13.8 Å². The summed E-state index contributed by atoms with van der Waals surface area (Å²) in [6.07, 6.45) is 21.7. The molecular formula is C25H55N2O6P.